The second kappa shape index (κ2) is 17.9. The van der Waals surface area contributed by atoms with Crippen LogP contribution in [0.4, 0.5) is 0 Å². The van der Waals surface area contributed by atoms with E-state index in [1.807, 2.05) is 84.9 Å². The summed E-state index contributed by atoms with van der Waals surface area (Å²) in [5.74, 6) is 1.44. The van der Waals surface area contributed by atoms with Gasteiger partial charge in [0.25, 0.3) is 0 Å². The van der Waals surface area contributed by atoms with Gasteiger partial charge >= 0.3 is 0 Å². The molecule has 13 aromatic rings. The first kappa shape index (κ1) is 43.3. The molecule has 3 heterocycles. The maximum absolute atomic E-state index is 10.0. The molecule has 0 bridgehead atoms. The highest BCUT2D eigenvalue weighted by atomic mass is 15.0. The van der Waals surface area contributed by atoms with Crippen molar-refractivity contribution in [2.45, 2.75) is 0 Å². The predicted molar refractivity (Wildman–Crippen MR) is 295 cm³/mol. The van der Waals surface area contributed by atoms with E-state index in [1.54, 1.807) is 0 Å². The first-order valence-electron chi connectivity index (χ1n) is 24.2. The first-order valence-corrected chi connectivity index (χ1v) is 24.2. The van der Waals surface area contributed by atoms with Crippen LogP contribution >= 0.6 is 0 Å². The maximum atomic E-state index is 10.0. The largest absolute Gasteiger partial charge is 0.309 e. The Bertz CT molecular complexity index is 4180. The lowest BCUT2D eigenvalue weighted by Crippen LogP contribution is -2.03. The Balaban J connectivity index is 1.06. The fraction of sp³-hybridized carbons (Fsp3) is 0. The maximum Gasteiger partial charge on any atom is 0.164 e. The third-order valence-electron chi connectivity index (χ3n) is 13.9. The van der Waals surface area contributed by atoms with E-state index in [0.29, 0.717) is 34.2 Å². The van der Waals surface area contributed by atoms with E-state index in [9.17, 15) is 15.8 Å². The summed E-state index contributed by atoms with van der Waals surface area (Å²) in [7, 11) is 0. The molecular formula is C66H38N8. The smallest absolute Gasteiger partial charge is 0.164 e. The molecule has 0 amide bonds. The van der Waals surface area contributed by atoms with Crippen LogP contribution in [0.15, 0.2) is 231 Å². The molecule has 0 aliphatic rings. The average Bonchev–Trinajstić information content (AvgIpc) is 4.00. The van der Waals surface area contributed by atoms with Crippen LogP contribution in [0.1, 0.15) is 16.7 Å². The molecule has 0 atom stereocenters. The number of fused-ring (bicyclic) bond motifs is 6. The van der Waals surface area contributed by atoms with Crippen molar-refractivity contribution >= 4 is 43.6 Å². The Kier molecular flexibility index (Phi) is 10.5. The Hall–Kier alpha value is -10.7. The lowest BCUT2D eigenvalue weighted by Gasteiger charge is -2.17. The van der Waals surface area contributed by atoms with Gasteiger partial charge in [0.05, 0.1) is 68.3 Å². The normalized spacial score (nSPS) is 11.2. The van der Waals surface area contributed by atoms with Gasteiger partial charge in [-0.1, -0.05) is 158 Å². The van der Waals surface area contributed by atoms with Gasteiger partial charge < -0.3 is 9.13 Å². The topological polar surface area (TPSA) is 120 Å². The second-order valence-electron chi connectivity index (χ2n) is 18.2. The molecule has 8 heteroatoms. The van der Waals surface area contributed by atoms with E-state index in [0.717, 1.165) is 105 Å². The minimum absolute atomic E-state index is 0.477. The SMILES string of the molecule is N#Cc1ccc(-c2ccc(-c3nc(-c4ccc(-c5cccc(C#N)c5)c(-n5c6ccccc6c6ccccc65)c4)nc(-c4ccc(-c5cccc(C#N)c5)c(-n5c6ccccc6c6ccccc65)c4)n3)cc2)cc1. The Morgan fingerprint density at radius 3 is 1.00 bits per heavy atom. The van der Waals surface area contributed by atoms with Crippen LogP contribution in [-0.4, -0.2) is 24.1 Å². The molecule has 0 spiro atoms. The van der Waals surface area contributed by atoms with E-state index >= 15 is 0 Å². The van der Waals surface area contributed by atoms with Gasteiger partial charge in [-0.05, 0) is 95.1 Å². The summed E-state index contributed by atoms with van der Waals surface area (Å²) in [5, 5.41) is 34.0. The Morgan fingerprint density at radius 1 is 0.270 bits per heavy atom. The number of nitrogens with zero attached hydrogens (tertiary/aromatic N) is 8. The monoisotopic (exact) mass is 942 g/mol. The quantitative estimate of drug-likeness (QED) is 0.150. The molecule has 0 saturated carbocycles. The molecule has 0 fully saturated rings. The molecule has 0 saturated heterocycles. The van der Waals surface area contributed by atoms with Gasteiger partial charge in [0.1, 0.15) is 0 Å². The highest BCUT2D eigenvalue weighted by Gasteiger charge is 2.22. The van der Waals surface area contributed by atoms with Crippen molar-refractivity contribution in [3.8, 4) is 97.1 Å². The van der Waals surface area contributed by atoms with Gasteiger partial charge in [-0.3, -0.25) is 0 Å². The van der Waals surface area contributed by atoms with E-state index in [4.69, 9.17) is 15.0 Å². The fourth-order valence-electron chi connectivity index (χ4n) is 10.4. The van der Waals surface area contributed by atoms with Gasteiger partial charge in [-0.2, -0.15) is 15.8 Å². The van der Waals surface area contributed by atoms with E-state index in [-0.39, 0.29) is 0 Å². The number of hydrogen-bond acceptors (Lipinski definition) is 6. The van der Waals surface area contributed by atoms with Crippen LogP contribution in [0, 0.1) is 34.0 Å². The van der Waals surface area contributed by atoms with Crippen LogP contribution in [0.5, 0.6) is 0 Å². The van der Waals surface area contributed by atoms with Gasteiger partial charge in [-0.25, -0.2) is 15.0 Å². The zero-order chi connectivity index (χ0) is 49.7. The van der Waals surface area contributed by atoms with Gasteiger partial charge in [-0.15, -0.1) is 0 Å². The molecule has 342 valence electrons. The number of hydrogen-bond donors (Lipinski definition) is 0. The van der Waals surface area contributed by atoms with Crippen molar-refractivity contribution in [2.24, 2.45) is 0 Å². The summed E-state index contributed by atoms with van der Waals surface area (Å²) in [4.78, 5) is 16.0. The molecular weight excluding hydrogens is 905 g/mol. The van der Waals surface area contributed by atoms with Crippen molar-refractivity contribution in [3.05, 3.63) is 247 Å². The molecule has 13 rings (SSSR count). The van der Waals surface area contributed by atoms with Gasteiger partial charge in [0.15, 0.2) is 17.5 Å². The summed E-state index contributed by atoms with van der Waals surface area (Å²) in [6.45, 7) is 0. The molecule has 0 aliphatic heterocycles. The molecule has 74 heavy (non-hydrogen) atoms. The van der Waals surface area contributed by atoms with Crippen molar-refractivity contribution < 1.29 is 0 Å². The number of para-hydroxylation sites is 4. The van der Waals surface area contributed by atoms with Gasteiger partial charge in [0, 0.05) is 49.4 Å². The first-order chi connectivity index (χ1) is 36.5. The van der Waals surface area contributed by atoms with E-state index < -0.39 is 0 Å². The Labute approximate surface area is 425 Å². The second-order valence-corrected chi connectivity index (χ2v) is 18.2. The van der Waals surface area contributed by atoms with Crippen molar-refractivity contribution in [1.82, 2.24) is 24.1 Å². The van der Waals surface area contributed by atoms with E-state index in [1.165, 1.54) is 0 Å². The minimum atomic E-state index is 0.477. The summed E-state index contributed by atoms with van der Waals surface area (Å²) >= 11 is 0. The third-order valence-corrected chi connectivity index (χ3v) is 13.9. The number of aromatic nitrogens is 5. The fourth-order valence-corrected chi connectivity index (χ4v) is 10.4. The van der Waals surface area contributed by atoms with Gasteiger partial charge in [0.2, 0.25) is 0 Å². The third kappa shape index (κ3) is 7.42. The van der Waals surface area contributed by atoms with Crippen LogP contribution in [0.2, 0.25) is 0 Å². The lowest BCUT2D eigenvalue weighted by atomic mass is 9.98. The molecule has 0 N–H and O–H groups in total. The molecule has 0 aliphatic carbocycles. The lowest BCUT2D eigenvalue weighted by molar-refractivity contribution is 1.07. The summed E-state index contributed by atoms with van der Waals surface area (Å²) in [6, 6.07) is 84.4. The minimum Gasteiger partial charge on any atom is -0.309 e. The van der Waals surface area contributed by atoms with Crippen molar-refractivity contribution in [2.75, 3.05) is 0 Å². The molecule has 3 aromatic heterocycles. The van der Waals surface area contributed by atoms with Crippen LogP contribution in [0.25, 0.3) is 123 Å². The average molecular weight is 943 g/mol. The summed E-state index contributed by atoms with van der Waals surface area (Å²) < 4.78 is 4.59. The number of benzene rings is 10. The van der Waals surface area contributed by atoms with Crippen LogP contribution in [0.3, 0.4) is 0 Å². The highest BCUT2D eigenvalue weighted by molar-refractivity contribution is 6.11. The zero-order valence-corrected chi connectivity index (χ0v) is 39.5. The molecule has 8 nitrogen and oxygen atoms in total. The van der Waals surface area contributed by atoms with Crippen molar-refractivity contribution in [3.63, 3.8) is 0 Å². The Morgan fingerprint density at radius 2 is 0.608 bits per heavy atom. The molecule has 0 radical (unpaired) electrons. The summed E-state index contributed by atoms with van der Waals surface area (Å²) in [5.41, 5.74) is 15.7. The standard InChI is InChI=1S/C66H38N8/c67-39-42-23-25-45(26-24-42)46-27-29-47(30-28-46)64-70-65(50-31-33-52(48-13-9-11-43(35-48)40-68)62(37-50)73-58-19-5-1-15-54(58)55-16-2-6-20-59(55)73)72-66(71-64)51-32-34-53(49-14-10-12-44(36-49)41-69)63(38-51)74-60-21-7-3-17-56(60)57-18-4-8-22-61(57)74/h1-38H. The predicted octanol–water partition coefficient (Wildman–Crippen LogP) is 15.7. The van der Waals surface area contributed by atoms with Crippen molar-refractivity contribution in [1.29, 1.82) is 15.8 Å². The van der Waals surface area contributed by atoms with E-state index in [2.05, 4.69) is 173 Å². The van der Waals surface area contributed by atoms with Crippen LogP contribution in [-0.2, 0) is 0 Å². The molecule has 10 aromatic carbocycles. The van der Waals surface area contributed by atoms with Crippen LogP contribution < -0.4 is 0 Å². The highest BCUT2D eigenvalue weighted by Crippen LogP contribution is 2.41. The zero-order valence-electron chi connectivity index (χ0n) is 39.5. The number of rotatable bonds is 8. The number of nitriles is 3. The molecule has 0 unspecified atom stereocenters. The summed E-state index contributed by atoms with van der Waals surface area (Å²) in [6.07, 6.45) is 0.